The highest BCUT2D eigenvalue weighted by Crippen LogP contribution is 2.19. The summed E-state index contributed by atoms with van der Waals surface area (Å²) < 4.78 is 53.8. The molecule has 0 saturated heterocycles. The molecule has 1 aromatic carbocycles. The van der Waals surface area contributed by atoms with Crippen LogP contribution in [0.4, 0.5) is 14.6 Å². The van der Waals surface area contributed by atoms with E-state index in [0.717, 1.165) is 12.1 Å². The Bertz CT molecular complexity index is 698. The molecule has 2 aromatic rings. The van der Waals surface area contributed by atoms with E-state index in [2.05, 4.69) is 9.82 Å². The van der Waals surface area contributed by atoms with Crippen LogP contribution in [0.2, 0.25) is 0 Å². The zero-order valence-electron chi connectivity index (χ0n) is 9.97. The van der Waals surface area contributed by atoms with Gasteiger partial charge in [-0.05, 0) is 19.1 Å². The van der Waals surface area contributed by atoms with Gasteiger partial charge in [0.2, 0.25) is 0 Å². The van der Waals surface area contributed by atoms with Crippen molar-refractivity contribution in [1.82, 2.24) is 9.78 Å². The number of anilines is 1. The van der Waals surface area contributed by atoms with Crippen LogP contribution in [-0.4, -0.2) is 18.2 Å². The van der Waals surface area contributed by atoms with E-state index in [1.807, 2.05) is 0 Å². The number of aromatic nitrogens is 2. The highest BCUT2D eigenvalue weighted by atomic mass is 32.2. The van der Waals surface area contributed by atoms with Crippen LogP contribution >= 0.6 is 0 Å². The monoisotopic (exact) mass is 287 g/mol. The molecule has 0 aliphatic carbocycles. The second-order valence-corrected chi connectivity index (χ2v) is 5.36. The number of hydrogen-bond donors (Lipinski definition) is 1. The second kappa shape index (κ2) is 4.96. The maximum absolute atomic E-state index is 13.5. The van der Waals surface area contributed by atoms with Crippen molar-refractivity contribution in [2.75, 3.05) is 4.72 Å². The molecule has 5 nitrogen and oxygen atoms in total. The van der Waals surface area contributed by atoms with Gasteiger partial charge < -0.3 is 0 Å². The Morgan fingerprint density at radius 1 is 1.32 bits per heavy atom. The molecule has 0 unspecified atom stereocenters. The first-order chi connectivity index (χ1) is 8.94. The highest BCUT2D eigenvalue weighted by Gasteiger charge is 2.20. The molecule has 0 fully saturated rings. The van der Waals surface area contributed by atoms with Crippen LogP contribution in [0.3, 0.4) is 0 Å². The van der Waals surface area contributed by atoms with Gasteiger partial charge in [-0.15, -0.1) is 0 Å². The minimum absolute atomic E-state index is 0.214. The largest absolute Gasteiger partial charge is 0.265 e. The Morgan fingerprint density at radius 3 is 2.68 bits per heavy atom. The standard InChI is InChI=1S/C11H11F2N3O2S/c1-2-16-11(5-6-14-16)15-19(17,18)10-4-3-8(12)7-9(10)13/h3-7,15H,2H2,1H3. The van der Waals surface area contributed by atoms with Crippen LogP contribution in [-0.2, 0) is 16.6 Å². The lowest BCUT2D eigenvalue weighted by Crippen LogP contribution is -2.17. The lowest BCUT2D eigenvalue weighted by atomic mass is 10.3. The van der Waals surface area contributed by atoms with Crippen molar-refractivity contribution in [2.24, 2.45) is 0 Å². The van der Waals surface area contributed by atoms with Crippen LogP contribution in [0.15, 0.2) is 35.4 Å². The average molecular weight is 287 g/mol. The summed E-state index contributed by atoms with van der Waals surface area (Å²) in [6, 6.07) is 3.72. The number of sulfonamides is 1. The maximum Gasteiger partial charge on any atom is 0.265 e. The lowest BCUT2D eigenvalue weighted by molar-refractivity contribution is 0.550. The summed E-state index contributed by atoms with van der Waals surface area (Å²) in [5, 5.41) is 3.89. The van der Waals surface area contributed by atoms with Gasteiger partial charge in [0.1, 0.15) is 22.3 Å². The molecule has 0 aliphatic heterocycles. The Morgan fingerprint density at radius 2 is 2.05 bits per heavy atom. The molecule has 0 radical (unpaired) electrons. The minimum Gasteiger partial charge on any atom is -0.263 e. The summed E-state index contributed by atoms with van der Waals surface area (Å²) in [4.78, 5) is -0.613. The molecule has 0 spiro atoms. The number of aryl methyl sites for hydroxylation is 1. The first-order valence-corrected chi connectivity index (χ1v) is 6.92. The maximum atomic E-state index is 13.5. The fourth-order valence-corrected chi connectivity index (χ4v) is 2.68. The van der Waals surface area contributed by atoms with Gasteiger partial charge in [-0.1, -0.05) is 0 Å². The molecule has 0 aliphatic rings. The molecule has 0 amide bonds. The lowest BCUT2D eigenvalue weighted by Gasteiger charge is -2.09. The number of halogens is 2. The van der Waals surface area contributed by atoms with Crippen LogP contribution in [0.25, 0.3) is 0 Å². The van der Waals surface area contributed by atoms with Gasteiger partial charge in [0.05, 0.1) is 6.20 Å². The van der Waals surface area contributed by atoms with Gasteiger partial charge in [0.15, 0.2) is 0 Å². The molecule has 1 N–H and O–H groups in total. The van der Waals surface area contributed by atoms with Crippen LogP contribution in [0, 0.1) is 11.6 Å². The van der Waals surface area contributed by atoms with Crippen molar-refractivity contribution >= 4 is 15.8 Å². The Kier molecular flexibility index (Phi) is 3.52. The van der Waals surface area contributed by atoms with Crippen molar-refractivity contribution in [3.05, 3.63) is 42.1 Å². The number of rotatable bonds is 4. The summed E-state index contributed by atoms with van der Waals surface area (Å²) in [7, 11) is -4.12. The van der Waals surface area contributed by atoms with Gasteiger partial charge in [0, 0.05) is 18.7 Å². The minimum atomic E-state index is -4.12. The zero-order chi connectivity index (χ0) is 14.0. The van der Waals surface area contributed by atoms with E-state index < -0.39 is 26.6 Å². The van der Waals surface area contributed by atoms with E-state index in [9.17, 15) is 17.2 Å². The van der Waals surface area contributed by atoms with Crippen molar-refractivity contribution in [1.29, 1.82) is 0 Å². The second-order valence-electron chi connectivity index (χ2n) is 3.71. The van der Waals surface area contributed by atoms with E-state index in [4.69, 9.17) is 0 Å². The summed E-state index contributed by atoms with van der Waals surface area (Å²) in [6.07, 6.45) is 1.42. The first kappa shape index (κ1) is 13.5. The molecule has 19 heavy (non-hydrogen) atoms. The average Bonchev–Trinajstić information content (AvgIpc) is 2.74. The number of nitrogens with one attached hydrogen (secondary N) is 1. The molecular formula is C11H11F2N3O2S. The molecule has 0 saturated carbocycles. The predicted molar refractivity (Wildman–Crippen MR) is 65.1 cm³/mol. The Labute approximate surface area is 108 Å². The predicted octanol–water partition coefficient (Wildman–Crippen LogP) is 1.98. The third kappa shape index (κ3) is 2.73. The van der Waals surface area contributed by atoms with E-state index in [-0.39, 0.29) is 5.82 Å². The number of nitrogens with zero attached hydrogens (tertiary/aromatic N) is 2. The van der Waals surface area contributed by atoms with E-state index in [1.165, 1.54) is 16.9 Å². The highest BCUT2D eigenvalue weighted by molar-refractivity contribution is 7.92. The summed E-state index contributed by atoms with van der Waals surface area (Å²) >= 11 is 0. The van der Waals surface area contributed by atoms with Gasteiger partial charge in [-0.2, -0.15) is 5.10 Å². The summed E-state index contributed by atoms with van der Waals surface area (Å²) in [5.74, 6) is -1.77. The van der Waals surface area contributed by atoms with Crippen LogP contribution in [0.1, 0.15) is 6.92 Å². The fourth-order valence-electron chi connectivity index (χ4n) is 1.56. The molecule has 1 aromatic heterocycles. The number of benzene rings is 1. The van der Waals surface area contributed by atoms with Gasteiger partial charge in [0.25, 0.3) is 10.0 Å². The van der Waals surface area contributed by atoms with Gasteiger partial charge in [-0.3, -0.25) is 4.72 Å². The van der Waals surface area contributed by atoms with Gasteiger partial charge >= 0.3 is 0 Å². The molecule has 0 atom stereocenters. The van der Waals surface area contributed by atoms with E-state index in [1.54, 1.807) is 6.92 Å². The molecule has 0 bridgehead atoms. The molecular weight excluding hydrogens is 276 g/mol. The topological polar surface area (TPSA) is 64.0 Å². The summed E-state index contributed by atoms with van der Waals surface area (Å²) in [5.41, 5.74) is 0. The quantitative estimate of drug-likeness (QED) is 0.935. The van der Waals surface area contributed by atoms with Crippen LogP contribution in [0.5, 0.6) is 0 Å². The first-order valence-electron chi connectivity index (χ1n) is 5.43. The SMILES string of the molecule is CCn1nccc1NS(=O)(=O)c1ccc(F)cc1F. The van der Waals surface area contributed by atoms with Crippen molar-refractivity contribution < 1.29 is 17.2 Å². The molecule has 8 heteroatoms. The van der Waals surface area contributed by atoms with Crippen molar-refractivity contribution in [2.45, 2.75) is 18.4 Å². The van der Waals surface area contributed by atoms with Crippen molar-refractivity contribution in [3.63, 3.8) is 0 Å². The smallest absolute Gasteiger partial charge is 0.263 e. The fraction of sp³-hybridized carbons (Fsp3) is 0.182. The molecule has 102 valence electrons. The summed E-state index contributed by atoms with van der Waals surface area (Å²) in [6.45, 7) is 2.24. The normalized spacial score (nSPS) is 11.5. The third-order valence-electron chi connectivity index (χ3n) is 2.44. The number of hydrogen-bond acceptors (Lipinski definition) is 3. The Balaban J connectivity index is 2.38. The van der Waals surface area contributed by atoms with Crippen molar-refractivity contribution in [3.8, 4) is 0 Å². The molecule has 1 heterocycles. The Hall–Kier alpha value is -1.96. The van der Waals surface area contributed by atoms with E-state index >= 15 is 0 Å². The van der Waals surface area contributed by atoms with Crippen LogP contribution < -0.4 is 4.72 Å². The molecule has 2 rings (SSSR count). The third-order valence-corrected chi connectivity index (χ3v) is 3.83. The zero-order valence-corrected chi connectivity index (χ0v) is 10.8. The van der Waals surface area contributed by atoms with Gasteiger partial charge in [-0.25, -0.2) is 21.9 Å². The van der Waals surface area contributed by atoms with E-state index in [0.29, 0.717) is 12.6 Å².